The Morgan fingerprint density at radius 3 is 2.05 bits per heavy atom. The zero-order chi connectivity index (χ0) is 14.1. The number of nitrogens with zero attached hydrogens (tertiary/aromatic N) is 1. The molecule has 4 nitrogen and oxygen atoms in total. The van der Waals surface area contributed by atoms with Gasteiger partial charge in [0.15, 0.2) is 0 Å². The van der Waals surface area contributed by atoms with Gasteiger partial charge in [0.1, 0.15) is 0 Å². The molecule has 0 saturated carbocycles. The normalized spacial score (nSPS) is 16.1. The highest BCUT2D eigenvalue weighted by atomic mass is 28.5. The van der Waals surface area contributed by atoms with Crippen molar-refractivity contribution in [2.75, 3.05) is 13.2 Å². The van der Waals surface area contributed by atoms with Gasteiger partial charge in [0.2, 0.25) is 0 Å². The summed E-state index contributed by atoms with van der Waals surface area (Å²) >= 11 is 0. The molecule has 19 heavy (non-hydrogen) atoms. The summed E-state index contributed by atoms with van der Waals surface area (Å²) in [7, 11) is -5.10. The molecule has 0 heterocycles. The first-order valence-corrected chi connectivity index (χ1v) is 10.6. The summed E-state index contributed by atoms with van der Waals surface area (Å²) in [5.74, 6) is 0. The van der Waals surface area contributed by atoms with Crippen molar-refractivity contribution in [2.24, 2.45) is 0 Å². The van der Waals surface area contributed by atoms with Crippen LogP contribution in [0.1, 0.15) is 7.43 Å². The number of nitriles is 1. The molecule has 0 aliphatic rings. The third-order valence-corrected chi connectivity index (χ3v) is 8.59. The number of rotatable bonds is 10. The predicted octanol–water partition coefficient (Wildman–Crippen LogP) is 3.44. The minimum Gasteiger partial charge on any atom is -0.411 e. The first kappa shape index (κ1) is 20.3. The summed E-state index contributed by atoms with van der Waals surface area (Å²) in [4.78, 5) is 0. The van der Waals surface area contributed by atoms with E-state index in [0.717, 1.165) is 0 Å². The Balaban J connectivity index is 0. The minimum atomic E-state index is -2.58. The van der Waals surface area contributed by atoms with Crippen LogP contribution < -0.4 is 0 Å². The lowest BCUT2D eigenvalue weighted by Crippen LogP contribution is -2.51. The maximum Gasteiger partial charge on any atom is 0.352 e. The molecule has 0 amide bonds. The molecule has 6 heteroatoms. The van der Waals surface area contributed by atoms with Crippen LogP contribution in [0.15, 0.2) is 37.6 Å². The smallest absolute Gasteiger partial charge is 0.352 e. The van der Waals surface area contributed by atoms with E-state index >= 15 is 0 Å². The summed E-state index contributed by atoms with van der Waals surface area (Å²) in [6, 6.07) is 2.35. The molecule has 0 N–H and O–H groups in total. The predicted molar refractivity (Wildman–Crippen MR) is 84.0 cm³/mol. The number of hydrogen-bond acceptors (Lipinski definition) is 4. The van der Waals surface area contributed by atoms with Crippen molar-refractivity contribution < 1.29 is 13.0 Å². The molecule has 2 atom stereocenters. The SMILES string of the molecule is C.C=CCO[Si](C)(C=C)O[Si](C)(CC#N)OCC=C. The molecule has 0 spiro atoms. The van der Waals surface area contributed by atoms with Crippen molar-refractivity contribution in [3.63, 3.8) is 0 Å². The second-order valence-electron chi connectivity index (χ2n) is 3.99. The highest BCUT2D eigenvalue weighted by Gasteiger charge is 2.41. The average molecular weight is 300 g/mol. The lowest BCUT2D eigenvalue weighted by molar-refractivity contribution is 0.222. The molecule has 0 aromatic rings. The van der Waals surface area contributed by atoms with Crippen LogP contribution in [-0.4, -0.2) is 30.3 Å². The van der Waals surface area contributed by atoms with E-state index in [2.05, 4.69) is 25.8 Å². The van der Waals surface area contributed by atoms with Crippen LogP contribution in [0.2, 0.25) is 19.1 Å². The summed E-state index contributed by atoms with van der Waals surface area (Å²) in [5.41, 5.74) is 1.69. The maximum atomic E-state index is 8.88. The Hall–Kier alpha value is -0.976. The van der Waals surface area contributed by atoms with Crippen LogP contribution in [0.25, 0.3) is 0 Å². The summed E-state index contributed by atoms with van der Waals surface area (Å²) in [5, 5.41) is 8.88. The van der Waals surface area contributed by atoms with Crippen molar-refractivity contribution >= 4 is 17.1 Å². The largest absolute Gasteiger partial charge is 0.411 e. The fourth-order valence-electron chi connectivity index (χ4n) is 1.28. The van der Waals surface area contributed by atoms with Gasteiger partial charge in [-0.15, -0.1) is 19.7 Å². The van der Waals surface area contributed by atoms with Gasteiger partial charge < -0.3 is 13.0 Å². The van der Waals surface area contributed by atoms with Crippen LogP contribution in [0.4, 0.5) is 0 Å². The fourth-order valence-corrected chi connectivity index (χ4v) is 7.23. The Morgan fingerprint density at radius 1 is 1.11 bits per heavy atom. The zero-order valence-electron chi connectivity index (χ0n) is 11.1. The Bertz CT molecular complexity index is 343. The van der Waals surface area contributed by atoms with Gasteiger partial charge in [-0.3, -0.25) is 0 Å². The standard InChI is InChI=1S/C12H21NO3Si2.CH4/c1-6-10-14-17(4,8-3)16-18(5,12-9-13)15-11-7-2;/h6-8H,1-3,10-12H2,4-5H3;1H4. The Morgan fingerprint density at radius 2 is 1.63 bits per heavy atom. The van der Waals surface area contributed by atoms with Crippen molar-refractivity contribution in [2.45, 2.75) is 26.6 Å². The van der Waals surface area contributed by atoms with E-state index < -0.39 is 17.1 Å². The second-order valence-corrected chi connectivity index (χ2v) is 10.4. The molecule has 2 unspecified atom stereocenters. The molecule has 0 aromatic heterocycles. The highest BCUT2D eigenvalue weighted by Crippen LogP contribution is 2.21. The van der Waals surface area contributed by atoms with Crippen molar-refractivity contribution in [3.05, 3.63) is 37.6 Å². The number of hydrogen-bond donors (Lipinski definition) is 0. The van der Waals surface area contributed by atoms with Gasteiger partial charge in [-0.05, 0) is 13.1 Å². The third kappa shape index (κ3) is 7.92. The first-order valence-electron chi connectivity index (χ1n) is 5.65. The molecule has 0 saturated heterocycles. The molecular formula is C13H25NO3Si2. The van der Waals surface area contributed by atoms with E-state index in [1.807, 2.05) is 13.1 Å². The molecule has 0 aliphatic heterocycles. The van der Waals surface area contributed by atoms with Gasteiger partial charge in [-0.1, -0.05) is 25.3 Å². The Labute approximate surface area is 119 Å². The van der Waals surface area contributed by atoms with E-state index in [0.29, 0.717) is 13.2 Å². The van der Waals surface area contributed by atoms with Gasteiger partial charge in [-0.25, -0.2) is 0 Å². The van der Waals surface area contributed by atoms with Crippen molar-refractivity contribution in [1.82, 2.24) is 0 Å². The second kappa shape index (κ2) is 9.89. The van der Waals surface area contributed by atoms with Crippen LogP contribution >= 0.6 is 0 Å². The monoisotopic (exact) mass is 299 g/mol. The average Bonchev–Trinajstić information content (AvgIpc) is 2.34. The van der Waals surface area contributed by atoms with Gasteiger partial charge in [0, 0.05) is 0 Å². The van der Waals surface area contributed by atoms with Gasteiger partial charge >= 0.3 is 17.1 Å². The van der Waals surface area contributed by atoms with Crippen molar-refractivity contribution in [3.8, 4) is 6.07 Å². The Kier molecular flexibility index (Phi) is 10.6. The molecule has 0 fully saturated rings. The topological polar surface area (TPSA) is 51.5 Å². The molecule has 0 aromatic carbocycles. The van der Waals surface area contributed by atoms with Crippen LogP contribution in [0, 0.1) is 11.3 Å². The lowest BCUT2D eigenvalue weighted by atomic mass is 10.7. The minimum absolute atomic E-state index is 0. The van der Waals surface area contributed by atoms with Crippen LogP contribution in [0.3, 0.4) is 0 Å². The van der Waals surface area contributed by atoms with E-state index in [9.17, 15) is 0 Å². The summed E-state index contributed by atoms with van der Waals surface area (Å²) < 4.78 is 17.3. The first-order chi connectivity index (χ1) is 8.45. The highest BCUT2D eigenvalue weighted by molar-refractivity contribution is 6.82. The van der Waals surface area contributed by atoms with E-state index in [1.165, 1.54) is 0 Å². The molecule has 0 bridgehead atoms. The van der Waals surface area contributed by atoms with E-state index in [-0.39, 0.29) is 13.5 Å². The van der Waals surface area contributed by atoms with Crippen LogP contribution in [0.5, 0.6) is 0 Å². The van der Waals surface area contributed by atoms with Gasteiger partial charge in [0.05, 0.1) is 25.3 Å². The maximum absolute atomic E-state index is 8.88. The van der Waals surface area contributed by atoms with Crippen molar-refractivity contribution in [1.29, 1.82) is 5.26 Å². The molecule has 0 radical (unpaired) electrons. The molecular weight excluding hydrogens is 274 g/mol. The van der Waals surface area contributed by atoms with Gasteiger partial charge in [0.25, 0.3) is 0 Å². The van der Waals surface area contributed by atoms with E-state index in [4.69, 9.17) is 18.2 Å². The summed E-state index contributed by atoms with van der Waals surface area (Å²) in [6.45, 7) is 15.4. The quantitative estimate of drug-likeness (QED) is 0.458. The van der Waals surface area contributed by atoms with E-state index in [1.54, 1.807) is 17.9 Å². The van der Waals surface area contributed by atoms with Gasteiger partial charge in [-0.2, -0.15) is 5.26 Å². The lowest BCUT2D eigenvalue weighted by Gasteiger charge is -2.33. The zero-order valence-corrected chi connectivity index (χ0v) is 13.1. The molecule has 108 valence electrons. The fraction of sp³-hybridized carbons (Fsp3) is 0.462. The molecule has 0 aliphatic carbocycles. The van der Waals surface area contributed by atoms with Crippen LogP contribution in [-0.2, 0) is 13.0 Å². The summed E-state index contributed by atoms with van der Waals surface area (Å²) in [6.07, 6.45) is 3.30. The molecule has 0 rings (SSSR count). The third-order valence-electron chi connectivity index (χ3n) is 2.18.